The molecular weight excluding hydrogens is 741 g/mol. The number of fused-ring (bicyclic) bond motifs is 3. The van der Waals surface area contributed by atoms with Gasteiger partial charge in [0.15, 0.2) is 0 Å². The third-order valence-corrected chi connectivity index (χ3v) is 11.5. The molecule has 61 heavy (non-hydrogen) atoms. The first-order valence-electron chi connectivity index (χ1n) is 20.9. The number of hydrogen-bond donors (Lipinski definition) is 0. The number of aryl methyl sites for hydroxylation is 3. The Morgan fingerprint density at radius 1 is 0.262 bits per heavy atom. The molecule has 4 heteroatoms. The van der Waals surface area contributed by atoms with Crippen molar-refractivity contribution in [1.29, 1.82) is 0 Å². The van der Waals surface area contributed by atoms with Crippen LogP contribution < -0.4 is 14.7 Å². The summed E-state index contributed by atoms with van der Waals surface area (Å²) in [5.74, 6) is 0. The van der Waals surface area contributed by atoms with Gasteiger partial charge in [0, 0.05) is 67.6 Å². The lowest BCUT2D eigenvalue weighted by Crippen LogP contribution is -2.13. The Kier molecular flexibility index (Phi) is 9.88. The largest absolute Gasteiger partial charge is 0.310 e. The summed E-state index contributed by atoms with van der Waals surface area (Å²) in [5.41, 5.74) is 17.1. The standard InChI is InChI=1S/C57H46N4/c1-41-14-12-20-52(38-41)59(44-16-6-4-7-17-44)49-29-25-46(26-30-49)58(47-27-31-50(32-28-47)60(45-18-8-5-9-19-45)53-21-13-15-42(2)39-53)48-33-35-51(36-34-48)61-56-23-11-10-22-54(56)55-37-24-43(3)40-57(55)61/h4-40H,1-3H3. The Morgan fingerprint density at radius 2 is 0.623 bits per heavy atom. The Morgan fingerprint density at radius 3 is 1.10 bits per heavy atom. The summed E-state index contributed by atoms with van der Waals surface area (Å²) < 4.78 is 2.39. The molecule has 0 atom stereocenters. The molecule has 0 unspecified atom stereocenters. The van der Waals surface area contributed by atoms with Crippen molar-refractivity contribution in [2.45, 2.75) is 20.8 Å². The van der Waals surface area contributed by atoms with Crippen molar-refractivity contribution in [3.8, 4) is 5.69 Å². The molecule has 0 aliphatic rings. The summed E-state index contributed by atoms with van der Waals surface area (Å²) in [4.78, 5) is 7.00. The fraction of sp³-hybridized carbons (Fsp3) is 0.0526. The van der Waals surface area contributed by atoms with Crippen molar-refractivity contribution in [3.05, 3.63) is 241 Å². The predicted octanol–water partition coefficient (Wildman–Crippen LogP) is 16.1. The molecule has 0 N–H and O–H groups in total. The Balaban J connectivity index is 1.08. The third kappa shape index (κ3) is 7.30. The molecule has 0 amide bonds. The first kappa shape index (κ1) is 37.5. The summed E-state index contributed by atoms with van der Waals surface area (Å²) in [6.07, 6.45) is 0. The molecule has 10 rings (SSSR count). The summed E-state index contributed by atoms with van der Waals surface area (Å²) >= 11 is 0. The molecule has 0 radical (unpaired) electrons. The van der Waals surface area contributed by atoms with Gasteiger partial charge in [-0.3, -0.25) is 0 Å². The first-order valence-corrected chi connectivity index (χ1v) is 20.9. The monoisotopic (exact) mass is 786 g/mol. The molecule has 9 aromatic carbocycles. The molecule has 1 aromatic heterocycles. The van der Waals surface area contributed by atoms with E-state index in [2.05, 4.69) is 264 Å². The fourth-order valence-electron chi connectivity index (χ4n) is 8.64. The van der Waals surface area contributed by atoms with Gasteiger partial charge in [-0.2, -0.15) is 0 Å². The number of para-hydroxylation sites is 3. The Labute approximate surface area is 358 Å². The molecule has 10 aromatic rings. The van der Waals surface area contributed by atoms with E-state index in [0.29, 0.717) is 0 Å². The van der Waals surface area contributed by atoms with Gasteiger partial charge in [0.2, 0.25) is 0 Å². The van der Waals surface area contributed by atoms with Gasteiger partial charge in [0.1, 0.15) is 0 Å². The molecule has 4 nitrogen and oxygen atoms in total. The zero-order chi connectivity index (χ0) is 41.3. The van der Waals surface area contributed by atoms with E-state index in [1.807, 2.05) is 0 Å². The van der Waals surface area contributed by atoms with Gasteiger partial charge in [0.05, 0.1) is 11.0 Å². The average Bonchev–Trinajstić information content (AvgIpc) is 3.62. The van der Waals surface area contributed by atoms with E-state index < -0.39 is 0 Å². The summed E-state index contributed by atoms with van der Waals surface area (Å²) in [7, 11) is 0. The SMILES string of the molecule is Cc1cccc(N(c2ccccc2)c2ccc(N(c3ccc(N(c4ccccc4)c4cccc(C)c4)cc3)c3ccc(-n4c5ccccc5c5ccc(C)cc54)cc3)cc2)c1. The van der Waals surface area contributed by atoms with Gasteiger partial charge < -0.3 is 19.3 Å². The van der Waals surface area contributed by atoms with Crippen molar-refractivity contribution < 1.29 is 0 Å². The van der Waals surface area contributed by atoms with Crippen LogP contribution in [0.1, 0.15) is 16.7 Å². The van der Waals surface area contributed by atoms with Gasteiger partial charge in [-0.15, -0.1) is 0 Å². The zero-order valence-corrected chi connectivity index (χ0v) is 34.7. The predicted molar refractivity (Wildman–Crippen MR) is 259 cm³/mol. The molecule has 0 aliphatic carbocycles. The molecule has 0 fully saturated rings. The highest BCUT2D eigenvalue weighted by atomic mass is 15.2. The number of aromatic nitrogens is 1. The second-order valence-corrected chi connectivity index (χ2v) is 15.8. The van der Waals surface area contributed by atoms with E-state index in [-0.39, 0.29) is 0 Å². The smallest absolute Gasteiger partial charge is 0.0543 e. The average molecular weight is 787 g/mol. The summed E-state index contributed by atoms with van der Waals surface area (Å²) in [6, 6.07) is 80.9. The number of benzene rings is 9. The third-order valence-electron chi connectivity index (χ3n) is 11.5. The second-order valence-electron chi connectivity index (χ2n) is 15.8. The molecule has 0 saturated carbocycles. The number of nitrogens with zero attached hydrogens (tertiary/aromatic N) is 4. The van der Waals surface area contributed by atoms with E-state index in [9.17, 15) is 0 Å². The second kappa shape index (κ2) is 16.1. The van der Waals surface area contributed by atoms with Crippen LogP contribution in [0.2, 0.25) is 0 Å². The number of hydrogen-bond acceptors (Lipinski definition) is 3. The normalized spacial score (nSPS) is 11.2. The molecule has 0 spiro atoms. The molecule has 294 valence electrons. The van der Waals surface area contributed by atoms with Crippen molar-refractivity contribution in [2.24, 2.45) is 0 Å². The van der Waals surface area contributed by atoms with Gasteiger partial charge in [-0.05, 0) is 171 Å². The highest BCUT2D eigenvalue weighted by molar-refractivity contribution is 6.09. The topological polar surface area (TPSA) is 14.7 Å². The van der Waals surface area contributed by atoms with Crippen molar-refractivity contribution in [2.75, 3.05) is 14.7 Å². The molecular formula is C57H46N4. The minimum absolute atomic E-state index is 1.06. The van der Waals surface area contributed by atoms with Crippen LogP contribution in [0.4, 0.5) is 51.2 Å². The van der Waals surface area contributed by atoms with Gasteiger partial charge in [-0.1, -0.05) is 91.0 Å². The Bertz CT molecular complexity index is 2960. The van der Waals surface area contributed by atoms with Crippen LogP contribution in [0.5, 0.6) is 0 Å². The maximum atomic E-state index is 2.39. The molecule has 0 aliphatic heterocycles. The minimum Gasteiger partial charge on any atom is -0.310 e. The van der Waals surface area contributed by atoms with Crippen LogP contribution in [-0.4, -0.2) is 4.57 Å². The van der Waals surface area contributed by atoms with E-state index in [4.69, 9.17) is 0 Å². The van der Waals surface area contributed by atoms with E-state index in [1.54, 1.807) is 0 Å². The highest BCUT2D eigenvalue weighted by Gasteiger charge is 2.19. The van der Waals surface area contributed by atoms with Crippen LogP contribution >= 0.6 is 0 Å². The van der Waals surface area contributed by atoms with E-state index >= 15 is 0 Å². The van der Waals surface area contributed by atoms with Crippen LogP contribution in [0.15, 0.2) is 224 Å². The summed E-state index contributed by atoms with van der Waals surface area (Å²) in [5, 5.41) is 2.52. The van der Waals surface area contributed by atoms with Crippen molar-refractivity contribution >= 4 is 73.0 Å². The molecule has 0 saturated heterocycles. The Hall–Kier alpha value is -7.82. The summed E-state index contributed by atoms with van der Waals surface area (Å²) in [6.45, 7) is 6.46. The van der Waals surface area contributed by atoms with Gasteiger partial charge in [-0.25, -0.2) is 0 Å². The van der Waals surface area contributed by atoms with Crippen LogP contribution in [-0.2, 0) is 0 Å². The first-order chi connectivity index (χ1) is 30.0. The molecule has 0 bridgehead atoms. The van der Waals surface area contributed by atoms with Gasteiger partial charge >= 0.3 is 0 Å². The van der Waals surface area contributed by atoms with Crippen LogP contribution in [0.25, 0.3) is 27.5 Å². The maximum Gasteiger partial charge on any atom is 0.0543 e. The minimum atomic E-state index is 1.06. The maximum absolute atomic E-state index is 2.39. The lowest BCUT2D eigenvalue weighted by Gasteiger charge is -2.29. The lowest BCUT2D eigenvalue weighted by molar-refractivity contribution is 1.17. The quantitative estimate of drug-likeness (QED) is 0.137. The van der Waals surface area contributed by atoms with Crippen LogP contribution in [0.3, 0.4) is 0 Å². The number of anilines is 9. The van der Waals surface area contributed by atoms with Crippen LogP contribution in [0, 0.1) is 20.8 Å². The fourth-order valence-corrected chi connectivity index (χ4v) is 8.64. The van der Waals surface area contributed by atoms with E-state index in [1.165, 1.54) is 38.5 Å². The highest BCUT2D eigenvalue weighted by Crippen LogP contribution is 2.42. The van der Waals surface area contributed by atoms with Gasteiger partial charge in [0.25, 0.3) is 0 Å². The van der Waals surface area contributed by atoms with Crippen molar-refractivity contribution in [1.82, 2.24) is 4.57 Å². The zero-order valence-electron chi connectivity index (χ0n) is 34.7. The number of rotatable bonds is 10. The molecule has 1 heterocycles. The lowest BCUT2D eigenvalue weighted by atomic mass is 10.1. The van der Waals surface area contributed by atoms with E-state index in [0.717, 1.165) is 56.9 Å². The van der Waals surface area contributed by atoms with Crippen molar-refractivity contribution in [3.63, 3.8) is 0 Å².